The number of carbonyl (C=O) groups is 1. The van der Waals surface area contributed by atoms with Crippen LogP contribution in [0.25, 0.3) is 0 Å². The van der Waals surface area contributed by atoms with Gasteiger partial charge < -0.3 is 20.1 Å². The average Bonchev–Trinajstić information content (AvgIpc) is 3.03. The summed E-state index contributed by atoms with van der Waals surface area (Å²) in [4.78, 5) is 14.0. The number of hydrogen-bond donors (Lipinski definition) is 2. The average molecular weight is 320 g/mol. The topological polar surface area (TPSA) is 61.8 Å². The number of amides is 2. The SMILES string of the molecule is CCC(C)Oc1cc(C)ccc1CNC(=O)N1CCC(CO)C1. The van der Waals surface area contributed by atoms with Crippen molar-refractivity contribution in [2.75, 3.05) is 19.7 Å². The van der Waals surface area contributed by atoms with Crippen molar-refractivity contribution >= 4 is 6.03 Å². The van der Waals surface area contributed by atoms with Crippen LogP contribution in [0.15, 0.2) is 18.2 Å². The minimum Gasteiger partial charge on any atom is -0.490 e. The molecular weight excluding hydrogens is 292 g/mol. The summed E-state index contributed by atoms with van der Waals surface area (Å²) in [5, 5.41) is 12.1. The zero-order valence-electron chi connectivity index (χ0n) is 14.3. The van der Waals surface area contributed by atoms with Crippen LogP contribution in [0.3, 0.4) is 0 Å². The first-order valence-electron chi connectivity index (χ1n) is 8.43. The third kappa shape index (κ3) is 4.86. The standard InChI is InChI=1S/C18H28N2O3/c1-4-14(3)23-17-9-13(2)5-6-16(17)10-19-18(22)20-8-7-15(11-20)12-21/h5-6,9,14-15,21H,4,7-8,10-12H2,1-3H3,(H,19,22). The fraction of sp³-hybridized carbons (Fsp3) is 0.611. The van der Waals surface area contributed by atoms with Gasteiger partial charge >= 0.3 is 6.03 Å². The van der Waals surface area contributed by atoms with E-state index in [1.165, 1.54) is 0 Å². The largest absolute Gasteiger partial charge is 0.490 e. The van der Waals surface area contributed by atoms with Gasteiger partial charge in [0, 0.05) is 37.7 Å². The van der Waals surface area contributed by atoms with Gasteiger partial charge in [0.05, 0.1) is 6.10 Å². The highest BCUT2D eigenvalue weighted by Gasteiger charge is 2.25. The number of aliphatic hydroxyl groups excluding tert-OH is 1. The first-order valence-corrected chi connectivity index (χ1v) is 8.43. The molecule has 1 aromatic carbocycles. The Balaban J connectivity index is 1.95. The summed E-state index contributed by atoms with van der Waals surface area (Å²) >= 11 is 0. The molecule has 128 valence electrons. The van der Waals surface area contributed by atoms with Crippen LogP contribution in [0.4, 0.5) is 4.79 Å². The maximum absolute atomic E-state index is 12.2. The monoisotopic (exact) mass is 320 g/mol. The van der Waals surface area contributed by atoms with Crippen LogP contribution in [-0.4, -0.2) is 41.8 Å². The highest BCUT2D eigenvalue weighted by Crippen LogP contribution is 2.22. The quantitative estimate of drug-likeness (QED) is 0.847. The zero-order valence-corrected chi connectivity index (χ0v) is 14.3. The molecule has 2 unspecified atom stereocenters. The van der Waals surface area contributed by atoms with Crippen molar-refractivity contribution in [3.63, 3.8) is 0 Å². The van der Waals surface area contributed by atoms with Crippen LogP contribution in [0.2, 0.25) is 0 Å². The Labute approximate surface area is 138 Å². The molecule has 2 atom stereocenters. The number of ether oxygens (including phenoxy) is 1. The number of carbonyl (C=O) groups excluding carboxylic acids is 1. The molecule has 1 fully saturated rings. The summed E-state index contributed by atoms with van der Waals surface area (Å²) in [6.07, 6.45) is 1.96. The Morgan fingerprint density at radius 2 is 2.30 bits per heavy atom. The van der Waals surface area contributed by atoms with Gasteiger partial charge in [-0.05, 0) is 38.3 Å². The van der Waals surface area contributed by atoms with Gasteiger partial charge in [-0.25, -0.2) is 4.79 Å². The molecular formula is C18H28N2O3. The van der Waals surface area contributed by atoms with Gasteiger partial charge in [0.2, 0.25) is 0 Å². The summed E-state index contributed by atoms with van der Waals surface area (Å²) in [5.41, 5.74) is 2.13. The van der Waals surface area contributed by atoms with E-state index < -0.39 is 0 Å². The van der Waals surface area contributed by atoms with Crippen LogP contribution in [0, 0.1) is 12.8 Å². The lowest BCUT2D eigenvalue weighted by Gasteiger charge is -2.20. The van der Waals surface area contributed by atoms with Crippen LogP contribution < -0.4 is 10.1 Å². The smallest absolute Gasteiger partial charge is 0.317 e. The molecule has 1 heterocycles. The molecule has 0 radical (unpaired) electrons. The third-order valence-corrected chi connectivity index (χ3v) is 4.39. The molecule has 2 rings (SSSR count). The number of urea groups is 1. The van der Waals surface area contributed by atoms with Crippen LogP contribution in [0.1, 0.15) is 37.8 Å². The lowest BCUT2D eigenvalue weighted by atomic mass is 10.1. The van der Waals surface area contributed by atoms with E-state index in [9.17, 15) is 4.79 Å². The van der Waals surface area contributed by atoms with E-state index >= 15 is 0 Å². The van der Waals surface area contributed by atoms with Crippen molar-refractivity contribution in [2.24, 2.45) is 5.92 Å². The van der Waals surface area contributed by atoms with Gasteiger partial charge in [-0.1, -0.05) is 19.1 Å². The first-order chi connectivity index (χ1) is 11.0. The molecule has 0 bridgehead atoms. The fourth-order valence-corrected chi connectivity index (χ4v) is 2.67. The van der Waals surface area contributed by atoms with E-state index in [2.05, 4.69) is 12.2 Å². The number of nitrogens with zero attached hydrogens (tertiary/aromatic N) is 1. The molecule has 1 aliphatic heterocycles. The zero-order chi connectivity index (χ0) is 16.8. The van der Waals surface area contributed by atoms with Crippen LogP contribution in [-0.2, 0) is 6.54 Å². The third-order valence-electron chi connectivity index (χ3n) is 4.39. The Kier molecular flexibility index (Phi) is 6.28. The maximum Gasteiger partial charge on any atom is 0.317 e. The van der Waals surface area contributed by atoms with Crippen molar-refractivity contribution in [1.29, 1.82) is 0 Å². The number of rotatable bonds is 6. The van der Waals surface area contributed by atoms with Crippen molar-refractivity contribution in [2.45, 2.75) is 46.3 Å². The molecule has 0 aliphatic carbocycles. The van der Waals surface area contributed by atoms with Gasteiger partial charge in [0.15, 0.2) is 0 Å². The Morgan fingerprint density at radius 3 is 2.96 bits per heavy atom. The molecule has 1 aromatic rings. The van der Waals surface area contributed by atoms with Crippen LogP contribution in [0.5, 0.6) is 5.75 Å². The fourth-order valence-electron chi connectivity index (χ4n) is 2.67. The summed E-state index contributed by atoms with van der Waals surface area (Å²) in [6.45, 7) is 8.11. The summed E-state index contributed by atoms with van der Waals surface area (Å²) in [7, 11) is 0. The highest BCUT2D eigenvalue weighted by atomic mass is 16.5. The molecule has 23 heavy (non-hydrogen) atoms. The summed E-state index contributed by atoms with van der Waals surface area (Å²) < 4.78 is 5.97. The predicted molar refractivity (Wildman–Crippen MR) is 90.6 cm³/mol. The summed E-state index contributed by atoms with van der Waals surface area (Å²) in [5.74, 6) is 1.05. The van der Waals surface area contributed by atoms with Crippen molar-refractivity contribution in [3.8, 4) is 5.75 Å². The maximum atomic E-state index is 12.2. The Bertz CT molecular complexity index is 533. The van der Waals surface area contributed by atoms with Crippen molar-refractivity contribution in [1.82, 2.24) is 10.2 Å². The van der Waals surface area contributed by atoms with E-state index in [1.807, 2.05) is 32.0 Å². The van der Waals surface area contributed by atoms with Gasteiger partial charge in [-0.15, -0.1) is 0 Å². The molecule has 0 saturated carbocycles. The lowest BCUT2D eigenvalue weighted by molar-refractivity contribution is 0.197. The normalized spacial score (nSPS) is 18.8. The predicted octanol–water partition coefficient (Wildman–Crippen LogP) is 2.70. The van der Waals surface area contributed by atoms with E-state index in [4.69, 9.17) is 9.84 Å². The van der Waals surface area contributed by atoms with E-state index in [-0.39, 0.29) is 24.7 Å². The Morgan fingerprint density at radius 1 is 1.52 bits per heavy atom. The van der Waals surface area contributed by atoms with Gasteiger partial charge in [-0.3, -0.25) is 0 Å². The Hall–Kier alpha value is -1.75. The molecule has 0 aromatic heterocycles. The van der Waals surface area contributed by atoms with Gasteiger partial charge in [0.1, 0.15) is 5.75 Å². The molecule has 1 aliphatic rings. The number of hydrogen-bond acceptors (Lipinski definition) is 3. The van der Waals surface area contributed by atoms with Crippen molar-refractivity contribution < 1.29 is 14.6 Å². The lowest BCUT2D eigenvalue weighted by Crippen LogP contribution is -2.38. The van der Waals surface area contributed by atoms with E-state index in [0.29, 0.717) is 19.6 Å². The number of benzene rings is 1. The summed E-state index contributed by atoms with van der Waals surface area (Å²) in [6, 6.07) is 5.98. The second kappa shape index (κ2) is 8.20. The minimum absolute atomic E-state index is 0.0731. The second-order valence-electron chi connectivity index (χ2n) is 6.39. The number of likely N-dealkylation sites (tertiary alicyclic amines) is 1. The molecule has 1 saturated heterocycles. The first kappa shape index (κ1) is 17.6. The minimum atomic E-state index is -0.0731. The van der Waals surface area contributed by atoms with E-state index in [0.717, 1.165) is 29.7 Å². The van der Waals surface area contributed by atoms with Crippen LogP contribution >= 0.6 is 0 Å². The number of aliphatic hydroxyl groups is 1. The molecule has 2 N–H and O–H groups in total. The van der Waals surface area contributed by atoms with E-state index in [1.54, 1.807) is 4.90 Å². The molecule has 0 spiro atoms. The molecule has 5 heteroatoms. The molecule has 5 nitrogen and oxygen atoms in total. The highest BCUT2D eigenvalue weighted by molar-refractivity contribution is 5.74. The number of aryl methyl sites for hydroxylation is 1. The second-order valence-corrected chi connectivity index (χ2v) is 6.39. The molecule has 2 amide bonds. The van der Waals surface area contributed by atoms with Gasteiger partial charge in [-0.2, -0.15) is 0 Å². The van der Waals surface area contributed by atoms with Gasteiger partial charge in [0.25, 0.3) is 0 Å². The van der Waals surface area contributed by atoms with Crippen molar-refractivity contribution in [3.05, 3.63) is 29.3 Å². The number of nitrogens with one attached hydrogen (secondary N) is 1.